The summed E-state index contributed by atoms with van der Waals surface area (Å²) in [4.78, 5) is 171. The average molecular weight is 1480 g/mol. The number of halogens is 2. The number of carboxylic acids is 1. The number of carbonyl (C=O) groups is 12. The first-order valence-electron chi connectivity index (χ1n) is 34.0. The van der Waals surface area contributed by atoms with Gasteiger partial charge in [-0.1, -0.05) is 88.1 Å². The van der Waals surface area contributed by atoms with Gasteiger partial charge < -0.3 is 60.8 Å². The van der Waals surface area contributed by atoms with Crippen molar-refractivity contribution in [1.82, 2.24) is 51.3 Å². The minimum atomic E-state index is -3.24. The number of alkyl carbamates (subject to hydrolysis) is 1. The summed E-state index contributed by atoms with van der Waals surface area (Å²) in [5.41, 5.74) is 0.914. The molecule has 1 aromatic carbocycles. The highest BCUT2D eigenvalue weighted by atomic mass is 33.1. The number of alkyl halides is 2. The van der Waals surface area contributed by atoms with Crippen LogP contribution >= 0.6 is 32.9 Å². The van der Waals surface area contributed by atoms with Gasteiger partial charge >= 0.3 is 24.0 Å². The number of nitriles is 1. The van der Waals surface area contributed by atoms with Gasteiger partial charge in [0.15, 0.2) is 24.4 Å². The normalized spacial score (nSPS) is 17.3. The summed E-state index contributed by atoms with van der Waals surface area (Å²) < 4.78 is 44.7. The number of Topliss-reactive ketones (excluding diaryl/α,β-unsaturated/α-hetero) is 2. The van der Waals surface area contributed by atoms with Crippen molar-refractivity contribution in [2.75, 3.05) is 51.5 Å². The van der Waals surface area contributed by atoms with Crippen molar-refractivity contribution in [3.8, 4) is 11.8 Å². The number of aromatic hydroxyl groups is 1. The number of hydrogen-bond donors (Lipinski definition) is 7. The van der Waals surface area contributed by atoms with Crippen LogP contribution in [0.25, 0.3) is 0 Å². The minimum absolute atomic E-state index is 0.00899. The van der Waals surface area contributed by atoms with Crippen molar-refractivity contribution in [1.29, 1.82) is 5.26 Å². The van der Waals surface area contributed by atoms with Gasteiger partial charge in [-0.15, -0.1) is 11.3 Å². The molecule has 102 heavy (non-hydrogen) atoms. The van der Waals surface area contributed by atoms with Gasteiger partial charge in [0, 0.05) is 98.0 Å². The van der Waals surface area contributed by atoms with Gasteiger partial charge in [-0.2, -0.15) is 5.26 Å². The Morgan fingerprint density at radius 1 is 0.892 bits per heavy atom. The lowest BCUT2D eigenvalue weighted by molar-refractivity contribution is -0.162. The van der Waals surface area contributed by atoms with Gasteiger partial charge in [-0.3, -0.25) is 57.8 Å². The fraction of sp³-hybridized carbons (Fsp3) is 0.609. The monoisotopic (exact) mass is 1480 g/mol. The Hall–Kier alpha value is -8.35. The van der Waals surface area contributed by atoms with E-state index in [0.29, 0.717) is 24.8 Å². The zero-order valence-corrected chi connectivity index (χ0v) is 61.5. The largest absolute Gasteiger partial charge is 0.508 e. The zero-order valence-electron chi connectivity index (χ0n) is 59.0. The Kier molecular flexibility index (Phi) is 34.4. The number of hydrogen-bond acceptors (Lipinski definition) is 23. The van der Waals surface area contributed by atoms with Crippen molar-refractivity contribution >= 4 is 104 Å². The van der Waals surface area contributed by atoms with Crippen LogP contribution in [0.3, 0.4) is 0 Å². The topological polar surface area (TPSA) is 392 Å². The van der Waals surface area contributed by atoms with Crippen LogP contribution in [0.2, 0.25) is 0 Å². The lowest BCUT2D eigenvalue weighted by atomic mass is 9.82. The van der Waals surface area contributed by atoms with Gasteiger partial charge in [-0.05, 0) is 94.3 Å². The molecule has 7 N–H and O–H groups in total. The number of aliphatic carboxylic acids is 1. The number of thiazole rings is 1. The van der Waals surface area contributed by atoms with E-state index in [1.807, 2.05) is 46.6 Å². The van der Waals surface area contributed by atoms with E-state index in [1.54, 1.807) is 25.1 Å². The molecule has 0 spiro atoms. The molecule has 0 bridgehead atoms. The summed E-state index contributed by atoms with van der Waals surface area (Å²) in [6, 6.07) is 4.89. The number of likely N-dealkylation sites (N-methyl/N-ethyl adjacent to an activating group) is 1. The number of aromatic nitrogens is 2. The molecular formula is C69H95F2N11O17S3. The average Bonchev–Trinajstić information content (AvgIpc) is 1.56. The van der Waals surface area contributed by atoms with E-state index in [0.717, 1.165) is 57.2 Å². The molecule has 7 amide bonds. The second kappa shape index (κ2) is 41.7. The maximum atomic E-state index is 15.0. The van der Waals surface area contributed by atoms with E-state index in [2.05, 4.69) is 36.6 Å². The number of likely N-dealkylation sites (tertiary alicyclic amines) is 2. The molecular weight excluding hydrogens is 1390 g/mol. The van der Waals surface area contributed by atoms with E-state index in [4.69, 9.17) is 14.2 Å². The number of nitrogens with zero attached hydrogens (tertiary/aromatic N) is 6. The van der Waals surface area contributed by atoms with Crippen LogP contribution in [-0.4, -0.2) is 200 Å². The number of esters is 2. The summed E-state index contributed by atoms with van der Waals surface area (Å²) in [5, 5.41) is 43.5. The predicted molar refractivity (Wildman–Crippen MR) is 374 cm³/mol. The molecule has 33 heteroatoms. The second-order valence-electron chi connectivity index (χ2n) is 26.0. The van der Waals surface area contributed by atoms with E-state index < -0.39 is 140 Å². The van der Waals surface area contributed by atoms with Gasteiger partial charge in [0.25, 0.3) is 17.7 Å². The van der Waals surface area contributed by atoms with Crippen LogP contribution in [-0.2, 0) is 70.3 Å². The number of nitrogens with one attached hydrogen (secondary N) is 5. The van der Waals surface area contributed by atoms with Crippen molar-refractivity contribution in [2.45, 2.75) is 194 Å². The SMILES string of the molecule is CCCC(=O)OCN(C(=O)[C@@H](CC(=O)[C@H]1CCCCN1C)C(C)CC)[C@H](C[C@@H](OC(C)=O)c1nc(C(=O)N[C@@H](Cc2ccc(O)cc2)C[C@H](C)C(=O)CNC(=O)OCCSSCC(NC(=O)CCC(=O)NCc2cc(C(=O)N[C@H](C)C(=O)N3CC(F)(F)C[C@H]3C#N)ccn2)C(=O)O)cs1)C(C)C. The maximum absolute atomic E-state index is 15.0. The zero-order chi connectivity index (χ0) is 75.4. The number of phenolic OH excluding ortho intramolecular Hbond substituents is 1. The molecule has 2 aliphatic rings. The van der Waals surface area contributed by atoms with E-state index in [-0.39, 0.29) is 127 Å². The molecule has 5 rings (SSSR count). The summed E-state index contributed by atoms with van der Waals surface area (Å²) >= 11 is 1.05. The Morgan fingerprint density at radius 2 is 1.61 bits per heavy atom. The van der Waals surface area contributed by atoms with Gasteiger partial charge in [0.1, 0.15) is 41.2 Å². The molecule has 560 valence electrons. The third kappa shape index (κ3) is 27.4. The first-order valence-corrected chi connectivity index (χ1v) is 37.4. The third-order valence-corrected chi connectivity index (χ3v) is 20.8. The Bertz CT molecular complexity index is 3430. The standard InChI is InChI=1S/C69H95F2N11O17S3/c1-10-14-61(89)98-39-82(66(93)51(41(5)11-2)30-56(85)54-15-12-13-24-80(54)9)55(40(3)4)31-58(99-44(8)83)64-79-52(36-100-64)63(91)77-47(28-45-16-18-50(84)19-17-45)27-42(6)57(86)35-75-68(96)97-25-26-101-102-37-53(67(94)95)78-60(88)21-20-59(87)74-34-48-29-46(22-23-73-48)62(90)76-43(7)65(92)81-38-69(70,71)32-49(81)33-72/h16-19,22-23,29,36,40-43,47,49,51,53-55,58,84H,10-15,20-21,24-28,30-32,34-35,37-39H2,1-9H3,(H,74,87)(H,75,96)(H,76,90)(H,77,91)(H,78,88)(H,94,95)/t41?,42-,43+,47+,49-,51-,53?,54+,55+,58+/m0/s1. The first-order chi connectivity index (χ1) is 48.3. The molecule has 2 saturated heterocycles. The molecule has 2 aromatic heterocycles. The molecule has 0 radical (unpaired) electrons. The van der Waals surface area contributed by atoms with Crippen LogP contribution < -0.4 is 26.6 Å². The number of carbonyl (C=O) groups excluding carboxylic acids is 11. The van der Waals surface area contributed by atoms with Gasteiger partial charge in [0.05, 0.1) is 37.4 Å². The number of phenols is 1. The first kappa shape index (κ1) is 84.3. The molecule has 2 unspecified atom stereocenters. The number of carboxylic acid groups (broad SMARTS) is 1. The highest BCUT2D eigenvalue weighted by molar-refractivity contribution is 8.76. The van der Waals surface area contributed by atoms with Gasteiger partial charge in [-0.25, -0.2) is 23.4 Å². The molecule has 2 aliphatic heterocycles. The number of ketones is 2. The second-order valence-corrected chi connectivity index (χ2v) is 29.5. The molecule has 4 heterocycles. The number of amides is 7. The van der Waals surface area contributed by atoms with Crippen LogP contribution in [0.4, 0.5) is 13.6 Å². The fourth-order valence-corrected chi connectivity index (χ4v) is 14.4. The smallest absolute Gasteiger partial charge is 0.407 e. The fourth-order valence-electron chi connectivity index (χ4n) is 11.6. The van der Waals surface area contributed by atoms with Crippen LogP contribution in [0.5, 0.6) is 5.75 Å². The lowest BCUT2D eigenvalue weighted by Crippen LogP contribution is -2.50. The Balaban J connectivity index is 1.10. The quantitative estimate of drug-likeness (QED) is 0.00980. The van der Waals surface area contributed by atoms with Crippen LogP contribution in [0.15, 0.2) is 48.0 Å². The van der Waals surface area contributed by atoms with Crippen molar-refractivity contribution in [3.63, 3.8) is 0 Å². The molecule has 10 atom stereocenters. The highest BCUT2D eigenvalue weighted by Crippen LogP contribution is 2.35. The van der Waals surface area contributed by atoms with E-state index in [9.17, 15) is 77.0 Å². The van der Waals surface area contributed by atoms with Crippen LogP contribution in [0, 0.1) is 35.0 Å². The van der Waals surface area contributed by atoms with E-state index >= 15 is 4.79 Å². The van der Waals surface area contributed by atoms with Crippen molar-refractivity contribution < 1.29 is 90.7 Å². The molecule has 2 fully saturated rings. The number of rotatable bonds is 41. The number of piperidine rings is 1. The molecule has 3 aromatic rings. The maximum Gasteiger partial charge on any atom is 0.407 e. The molecule has 0 aliphatic carbocycles. The summed E-state index contributed by atoms with van der Waals surface area (Å²) in [5.74, 6) is -12.1. The Morgan fingerprint density at radius 3 is 2.26 bits per heavy atom. The molecule has 0 saturated carbocycles. The summed E-state index contributed by atoms with van der Waals surface area (Å²) in [7, 11) is 4.12. The molecule has 28 nitrogen and oxygen atoms in total. The van der Waals surface area contributed by atoms with Crippen LogP contribution in [0.1, 0.15) is 176 Å². The number of benzene rings is 1. The summed E-state index contributed by atoms with van der Waals surface area (Å²) in [6.45, 7) is 12.2. The third-order valence-electron chi connectivity index (χ3n) is 17.5. The lowest BCUT2D eigenvalue weighted by Gasteiger charge is -2.39. The number of pyridine rings is 1. The highest BCUT2D eigenvalue weighted by Gasteiger charge is 2.48. The van der Waals surface area contributed by atoms with Crippen molar-refractivity contribution in [3.05, 3.63) is 75.5 Å². The predicted octanol–water partition coefficient (Wildman–Crippen LogP) is 7.09. The van der Waals surface area contributed by atoms with E-state index in [1.165, 1.54) is 54.6 Å². The van der Waals surface area contributed by atoms with Crippen molar-refractivity contribution in [2.24, 2.45) is 23.7 Å². The number of ether oxygens (including phenoxy) is 3. The summed E-state index contributed by atoms with van der Waals surface area (Å²) in [6.07, 6.45) is 1.77. The van der Waals surface area contributed by atoms with Gasteiger partial charge in [0.2, 0.25) is 23.6 Å². The minimum Gasteiger partial charge on any atom is -0.508 e. The Labute approximate surface area is 604 Å².